The molecule has 0 spiro atoms. The SMILES string of the molecule is CCS(=O)(=O)O.c1ccncc1. The molecule has 0 unspecified atom stereocenters. The van der Waals surface area contributed by atoms with Crippen molar-refractivity contribution >= 4 is 10.1 Å². The van der Waals surface area contributed by atoms with Gasteiger partial charge in [-0.3, -0.25) is 9.54 Å². The molecule has 1 aromatic heterocycles. The molecule has 0 fully saturated rings. The Labute approximate surface area is 72.0 Å². The maximum absolute atomic E-state index is 9.56. The molecule has 68 valence electrons. The first-order valence-corrected chi connectivity index (χ1v) is 4.97. The zero-order valence-electron chi connectivity index (χ0n) is 6.71. The van der Waals surface area contributed by atoms with Crippen LogP contribution < -0.4 is 0 Å². The van der Waals surface area contributed by atoms with E-state index in [1.807, 2.05) is 18.2 Å². The third-order valence-electron chi connectivity index (χ3n) is 0.931. The van der Waals surface area contributed by atoms with Crippen LogP contribution in [0.5, 0.6) is 0 Å². The van der Waals surface area contributed by atoms with Gasteiger partial charge in [-0.05, 0) is 19.1 Å². The van der Waals surface area contributed by atoms with E-state index < -0.39 is 10.1 Å². The molecule has 5 heteroatoms. The van der Waals surface area contributed by atoms with E-state index in [4.69, 9.17) is 4.55 Å². The molecule has 0 atom stereocenters. The lowest BCUT2D eigenvalue weighted by atomic mass is 10.5. The number of aromatic nitrogens is 1. The second-order valence-electron chi connectivity index (χ2n) is 1.90. The van der Waals surface area contributed by atoms with Gasteiger partial charge >= 0.3 is 0 Å². The molecule has 1 rings (SSSR count). The third kappa shape index (κ3) is 9.06. The molecule has 0 aliphatic heterocycles. The predicted molar refractivity (Wildman–Crippen MR) is 46.3 cm³/mol. The van der Waals surface area contributed by atoms with Crippen molar-refractivity contribution in [2.24, 2.45) is 0 Å². The molecule has 0 radical (unpaired) electrons. The van der Waals surface area contributed by atoms with Crippen molar-refractivity contribution in [3.8, 4) is 0 Å². The maximum atomic E-state index is 9.56. The van der Waals surface area contributed by atoms with Crippen LogP contribution in [0, 0.1) is 0 Å². The molecule has 0 aromatic carbocycles. The molecule has 0 aliphatic rings. The second kappa shape index (κ2) is 5.68. The summed E-state index contributed by atoms with van der Waals surface area (Å²) in [5.41, 5.74) is 0. The summed E-state index contributed by atoms with van der Waals surface area (Å²) in [6.07, 6.45) is 3.50. The Bertz CT molecular complexity index is 256. The van der Waals surface area contributed by atoms with Crippen LogP contribution in [-0.2, 0) is 10.1 Å². The van der Waals surface area contributed by atoms with E-state index in [0.29, 0.717) is 0 Å². The maximum Gasteiger partial charge on any atom is 0.264 e. The average Bonchev–Trinajstić information content (AvgIpc) is 2.07. The Morgan fingerprint density at radius 1 is 1.25 bits per heavy atom. The topological polar surface area (TPSA) is 67.3 Å². The summed E-state index contributed by atoms with van der Waals surface area (Å²) in [7, 11) is -3.66. The van der Waals surface area contributed by atoms with E-state index in [1.54, 1.807) is 12.4 Å². The fourth-order valence-electron chi connectivity index (χ4n) is 0.313. The van der Waals surface area contributed by atoms with E-state index in [2.05, 4.69) is 4.98 Å². The van der Waals surface area contributed by atoms with E-state index in [1.165, 1.54) is 6.92 Å². The molecular formula is C7H11NO3S. The lowest BCUT2D eigenvalue weighted by molar-refractivity contribution is 0.484. The average molecular weight is 189 g/mol. The van der Waals surface area contributed by atoms with Crippen LogP contribution in [-0.4, -0.2) is 23.7 Å². The molecule has 4 nitrogen and oxygen atoms in total. The van der Waals surface area contributed by atoms with Crippen molar-refractivity contribution in [2.45, 2.75) is 6.92 Å². The highest BCUT2D eigenvalue weighted by atomic mass is 32.2. The Balaban J connectivity index is 0.000000202. The van der Waals surface area contributed by atoms with Crippen LogP contribution in [0.1, 0.15) is 6.92 Å². The summed E-state index contributed by atoms with van der Waals surface area (Å²) >= 11 is 0. The van der Waals surface area contributed by atoms with Gasteiger partial charge in [0.1, 0.15) is 0 Å². The lowest BCUT2D eigenvalue weighted by Gasteiger charge is -1.79. The minimum absolute atomic E-state index is 0.201. The molecule has 0 bridgehead atoms. The number of hydrogen-bond acceptors (Lipinski definition) is 3. The van der Waals surface area contributed by atoms with Gasteiger partial charge in [0.15, 0.2) is 0 Å². The Kier molecular flexibility index (Phi) is 5.23. The highest BCUT2D eigenvalue weighted by molar-refractivity contribution is 7.85. The standard InChI is InChI=1S/C5H5N.C2H6O3S/c1-2-4-6-5-3-1;1-2-6(3,4)5/h1-5H;2H2,1H3,(H,3,4,5). The molecule has 1 aromatic rings. The zero-order valence-corrected chi connectivity index (χ0v) is 7.53. The van der Waals surface area contributed by atoms with Crippen LogP contribution in [0.25, 0.3) is 0 Å². The van der Waals surface area contributed by atoms with Crippen molar-refractivity contribution in [3.05, 3.63) is 30.6 Å². The van der Waals surface area contributed by atoms with Gasteiger partial charge in [-0.25, -0.2) is 0 Å². The van der Waals surface area contributed by atoms with Crippen LogP contribution >= 0.6 is 0 Å². The molecule has 1 N–H and O–H groups in total. The monoisotopic (exact) mass is 189 g/mol. The van der Waals surface area contributed by atoms with Gasteiger partial charge in [-0.2, -0.15) is 8.42 Å². The minimum Gasteiger partial charge on any atom is -0.286 e. The van der Waals surface area contributed by atoms with Gasteiger partial charge in [0.05, 0.1) is 5.75 Å². The number of nitrogens with zero attached hydrogens (tertiary/aromatic N) is 1. The molecular weight excluding hydrogens is 178 g/mol. The smallest absolute Gasteiger partial charge is 0.264 e. The van der Waals surface area contributed by atoms with Crippen LogP contribution in [0.15, 0.2) is 30.6 Å². The van der Waals surface area contributed by atoms with Gasteiger partial charge in [-0.1, -0.05) is 6.07 Å². The normalized spacial score (nSPS) is 9.83. The van der Waals surface area contributed by atoms with Crippen LogP contribution in [0.4, 0.5) is 0 Å². The van der Waals surface area contributed by atoms with E-state index in [-0.39, 0.29) is 5.75 Å². The molecule has 1 heterocycles. The summed E-state index contributed by atoms with van der Waals surface area (Å²) in [6.45, 7) is 1.37. The summed E-state index contributed by atoms with van der Waals surface area (Å²) in [5, 5.41) is 0. The Hall–Kier alpha value is -0.940. The lowest BCUT2D eigenvalue weighted by Crippen LogP contribution is -1.97. The van der Waals surface area contributed by atoms with Gasteiger partial charge < -0.3 is 0 Å². The molecule has 0 saturated heterocycles. The number of pyridine rings is 1. The van der Waals surface area contributed by atoms with Crippen molar-refractivity contribution in [3.63, 3.8) is 0 Å². The number of hydrogen-bond donors (Lipinski definition) is 1. The van der Waals surface area contributed by atoms with E-state index in [9.17, 15) is 8.42 Å². The summed E-state index contributed by atoms with van der Waals surface area (Å²) in [4.78, 5) is 3.78. The van der Waals surface area contributed by atoms with Crippen molar-refractivity contribution in [2.75, 3.05) is 5.75 Å². The zero-order chi connectivity index (χ0) is 9.45. The minimum atomic E-state index is -3.66. The van der Waals surface area contributed by atoms with Gasteiger partial charge in [0.25, 0.3) is 10.1 Å². The van der Waals surface area contributed by atoms with Crippen molar-refractivity contribution in [1.29, 1.82) is 0 Å². The van der Waals surface area contributed by atoms with Crippen molar-refractivity contribution in [1.82, 2.24) is 4.98 Å². The fourth-order valence-corrected chi connectivity index (χ4v) is 0.313. The Morgan fingerprint density at radius 2 is 1.67 bits per heavy atom. The number of rotatable bonds is 1. The first-order valence-electron chi connectivity index (χ1n) is 3.36. The second-order valence-corrected chi connectivity index (χ2v) is 3.64. The first kappa shape index (κ1) is 11.1. The molecule has 0 saturated carbocycles. The van der Waals surface area contributed by atoms with Gasteiger partial charge in [0.2, 0.25) is 0 Å². The summed E-state index contributed by atoms with van der Waals surface area (Å²) < 4.78 is 26.9. The summed E-state index contributed by atoms with van der Waals surface area (Å²) in [6, 6.07) is 5.72. The third-order valence-corrected chi connectivity index (χ3v) is 1.66. The van der Waals surface area contributed by atoms with Crippen LogP contribution in [0.3, 0.4) is 0 Å². The quantitative estimate of drug-likeness (QED) is 0.668. The summed E-state index contributed by atoms with van der Waals surface area (Å²) in [5.74, 6) is -0.201. The highest BCUT2D eigenvalue weighted by Crippen LogP contribution is 1.74. The Morgan fingerprint density at radius 3 is 1.75 bits per heavy atom. The van der Waals surface area contributed by atoms with E-state index in [0.717, 1.165) is 0 Å². The molecule has 0 amide bonds. The first-order chi connectivity index (χ1) is 5.56. The van der Waals surface area contributed by atoms with Crippen LogP contribution in [0.2, 0.25) is 0 Å². The largest absolute Gasteiger partial charge is 0.286 e. The van der Waals surface area contributed by atoms with E-state index >= 15 is 0 Å². The molecule has 12 heavy (non-hydrogen) atoms. The van der Waals surface area contributed by atoms with Gasteiger partial charge in [-0.15, -0.1) is 0 Å². The van der Waals surface area contributed by atoms with Gasteiger partial charge in [0, 0.05) is 12.4 Å². The highest BCUT2D eigenvalue weighted by Gasteiger charge is 1.93. The molecule has 0 aliphatic carbocycles. The fraction of sp³-hybridized carbons (Fsp3) is 0.286. The predicted octanol–water partition coefficient (Wildman–Crippen LogP) is 0.976. The van der Waals surface area contributed by atoms with Crippen molar-refractivity contribution < 1.29 is 13.0 Å².